The van der Waals surface area contributed by atoms with Crippen LogP contribution >= 0.6 is 0 Å². The molecule has 0 saturated heterocycles. The van der Waals surface area contributed by atoms with Crippen molar-refractivity contribution < 1.29 is 13.5 Å². The number of hydrogen-bond acceptors (Lipinski definition) is 2. The maximum absolute atomic E-state index is 13.1. The van der Waals surface area contributed by atoms with Gasteiger partial charge in [0.05, 0.1) is 12.8 Å². The molecule has 2 nitrogen and oxygen atoms in total. The van der Waals surface area contributed by atoms with E-state index in [0.717, 1.165) is 6.07 Å². The first-order chi connectivity index (χ1) is 8.10. The Bertz CT molecular complexity index is 535. The quantitative estimate of drug-likeness (QED) is 0.811. The largest absolute Gasteiger partial charge is 0.495 e. The zero-order valence-electron chi connectivity index (χ0n) is 9.21. The molecule has 0 aliphatic carbocycles. The summed E-state index contributed by atoms with van der Waals surface area (Å²) >= 11 is 0. The maximum Gasteiger partial charge on any atom is 0.142 e. The van der Waals surface area contributed by atoms with Gasteiger partial charge in [0, 0.05) is 6.07 Å². The number of anilines is 1. The summed E-state index contributed by atoms with van der Waals surface area (Å²) in [6.45, 7) is 0. The van der Waals surface area contributed by atoms with Crippen molar-refractivity contribution in [2.45, 2.75) is 0 Å². The molecule has 2 aromatic rings. The average Bonchev–Trinajstić information content (AvgIpc) is 2.28. The average molecular weight is 235 g/mol. The molecule has 0 spiro atoms. The Kier molecular flexibility index (Phi) is 2.95. The molecule has 2 aromatic carbocycles. The molecule has 0 heterocycles. The van der Waals surface area contributed by atoms with Crippen LogP contribution in [0.15, 0.2) is 36.4 Å². The smallest absolute Gasteiger partial charge is 0.142 e. The number of ether oxygens (including phenoxy) is 1. The molecule has 0 saturated carbocycles. The molecular formula is C13H11F2NO. The van der Waals surface area contributed by atoms with Crippen LogP contribution in [0.1, 0.15) is 0 Å². The van der Waals surface area contributed by atoms with Crippen molar-refractivity contribution in [1.82, 2.24) is 0 Å². The Morgan fingerprint density at radius 1 is 0.941 bits per heavy atom. The third-order valence-electron chi connectivity index (χ3n) is 2.43. The monoisotopic (exact) mass is 235 g/mol. The molecule has 0 amide bonds. The summed E-state index contributed by atoms with van der Waals surface area (Å²) in [5.74, 6) is -0.751. The molecule has 0 aliphatic heterocycles. The zero-order valence-corrected chi connectivity index (χ0v) is 9.21. The van der Waals surface area contributed by atoms with Crippen molar-refractivity contribution in [3.63, 3.8) is 0 Å². The van der Waals surface area contributed by atoms with Crippen LogP contribution in [0.3, 0.4) is 0 Å². The van der Waals surface area contributed by atoms with E-state index in [9.17, 15) is 8.78 Å². The van der Waals surface area contributed by atoms with Gasteiger partial charge < -0.3 is 10.5 Å². The lowest BCUT2D eigenvalue weighted by molar-refractivity contribution is 0.417. The number of nitrogens with two attached hydrogens (primary N) is 1. The molecule has 0 aromatic heterocycles. The topological polar surface area (TPSA) is 35.2 Å². The third kappa shape index (κ3) is 2.36. The van der Waals surface area contributed by atoms with Crippen LogP contribution in [0.4, 0.5) is 14.5 Å². The van der Waals surface area contributed by atoms with Crippen molar-refractivity contribution in [1.29, 1.82) is 0 Å². The van der Waals surface area contributed by atoms with Gasteiger partial charge in [-0.15, -0.1) is 0 Å². The molecule has 0 unspecified atom stereocenters. The molecule has 2 N–H and O–H groups in total. The second kappa shape index (κ2) is 4.41. The Balaban J connectivity index is 2.52. The summed E-state index contributed by atoms with van der Waals surface area (Å²) in [4.78, 5) is 0. The van der Waals surface area contributed by atoms with Crippen LogP contribution in [0.25, 0.3) is 11.1 Å². The van der Waals surface area contributed by atoms with Gasteiger partial charge in [-0.1, -0.05) is 6.07 Å². The molecule has 2 rings (SSSR count). The molecule has 0 bridgehead atoms. The highest BCUT2D eigenvalue weighted by molar-refractivity contribution is 5.69. The van der Waals surface area contributed by atoms with E-state index in [4.69, 9.17) is 10.5 Å². The molecule has 0 aliphatic rings. The minimum absolute atomic E-state index is 0.445. The predicted molar refractivity (Wildman–Crippen MR) is 62.8 cm³/mol. The van der Waals surface area contributed by atoms with Crippen LogP contribution in [-0.4, -0.2) is 7.11 Å². The van der Waals surface area contributed by atoms with E-state index in [1.807, 2.05) is 0 Å². The number of methoxy groups -OCH3 is 1. The maximum atomic E-state index is 13.1. The first-order valence-corrected chi connectivity index (χ1v) is 5.00. The van der Waals surface area contributed by atoms with Gasteiger partial charge in [-0.2, -0.15) is 0 Å². The van der Waals surface area contributed by atoms with Gasteiger partial charge in [0.2, 0.25) is 0 Å². The molecule has 4 heteroatoms. The van der Waals surface area contributed by atoms with E-state index in [1.54, 1.807) is 18.2 Å². The summed E-state index contributed by atoms with van der Waals surface area (Å²) in [6.07, 6.45) is 0. The standard InChI is InChI=1S/C13H11F2NO/c1-17-13-6-8(2-3-12(13)16)9-4-10(14)7-11(15)5-9/h2-7H,16H2,1H3. The SMILES string of the molecule is COc1cc(-c2cc(F)cc(F)c2)ccc1N. The van der Waals surface area contributed by atoms with Crippen LogP contribution < -0.4 is 10.5 Å². The van der Waals surface area contributed by atoms with E-state index >= 15 is 0 Å². The Hall–Kier alpha value is -2.10. The fourth-order valence-electron chi connectivity index (χ4n) is 1.61. The highest BCUT2D eigenvalue weighted by atomic mass is 19.1. The van der Waals surface area contributed by atoms with Gasteiger partial charge in [-0.3, -0.25) is 0 Å². The second-order valence-corrected chi connectivity index (χ2v) is 3.61. The Morgan fingerprint density at radius 3 is 2.18 bits per heavy atom. The van der Waals surface area contributed by atoms with Gasteiger partial charge in [0.15, 0.2) is 0 Å². The lowest BCUT2D eigenvalue weighted by Crippen LogP contribution is -1.93. The van der Waals surface area contributed by atoms with Crippen molar-refractivity contribution in [3.05, 3.63) is 48.0 Å². The molecule has 17 heavy (non-hydrogen) atoms. The molecule has 0 fully saturated rings. The Morgan fingerprint density at radius 2 is 1.59 bits per heavy atom. The first kappa shape index (κ1) is 11.4. The zero-order chi connectivity index (χ0) is 12.4. The van der Waals surface area contributed by atoms with Gasteiger partial charge in [-0.25, -0.2) is 8.78 Å². The minimum atomic E-state index is -0.615. The number of benzene rings is 2. The van der Waals surface area contributed by atoms with Crippen LogP contribution in [0.5, 0.6) is 5.75 Å². The number of rotatable bonds is 2. The van der Waals surface area contributed by atoms with Gasteiger partial charge >= 0.3 is 0 Å². The van der Waals surface area contributed by atoms with E-state index in [2.05, 4.69) is 0 Å². The summed E-state index contributed by atoms with van der Waals surface area (Å²) in [5, 5.41) is 0. The highest BCUT2D eigenvalue weighted by Crippen LogP contribution is 2.29. The van der Waals surface area contributed by atoms with Gasteiger partial charge in [0.25, 0.3) is 0 Å². The predicted octanol–water partition coefficient (Wildman–Crippen LogP) is 3.22. The van der Waals surface area contributed by atoms with Gasteiger partial charge in [-0.05, 0) is 35.4 Å². The van der Waals surface area contributed by atoms with E-state index < -0.39 is 11.6 Å². The summed E-state index contributed by atoms with van der Waals surface area (Å²) in [7, 11) is 1.49. The Labute approximate surface area is 97.6 Å². The van der Waals surface area contributed by atoms with E-state index in [0.29, 0.717) is 22.6 Å². The van der Waals surface area contributed by atoms with Crippen LogP contribution in [-0.2, 0) is 0 Å². The van der Waals surface area contributed by atoms with Crippen molar-refractivity contribution in [2.75, 3.05) is 12.8 Å². The lowest BCUT2D eigenvalue weighted by Gasteiger charge is -2.08. The van der Waals surface area contributed by atoms with Crippen molar-refractivity contribution in [2.24, 2.45) is 0 Å². The lowest BCUT2D eigenvalue weighted by atomic mass is 10.0. The molecule has 0 atom stereocenters. The first-order valence-electron chi connectivity index (χ1n) is 5.00. The fourth-order valence-corrected chi connectivity index (χ4v) is 1.61. The summed E-state index contributed by atoms with van der Waals surface area (Å²) in [6, 6.07) is 8.31. The van der Waals surface area contributed by atoms with Crippen LogP contribution in [0, 0.1) is 11.6 Å². The fraction of sp³-hybridized carbons (Fsp3) is 0.0769. The summed E-state index contributed by atoms with van der Waals surface area (Å²) in [5.41, 5.74) is 7.24. The number of nitrogen functional groups attached to an aromatic ring is 1. The van der Waals surface area contributed by atoms with E-state index in [-0.39, 0.29) is 0 Å². The highest BCUT2D eigenvalue weighted by Gasteiger charge is 2.06. The minimum Gasteiger partial charge on any atom is -0.495 e. The van der Waals surface area contributed by atoms with Gasteiger partial charge in [0.1, 0.15) is 17.4 Å². The van der Waals surface area contributed by atoms with Crippen LogP contribution in [0.2, 0.25) is 0 Å². The molecular weight excluding hydrogens is 224 g/mol. The van der Waals surface area contributed by atoms with E-state index in [1.165, 1.54) is 19.2 Å². The molecule has 0 radical (unpaired) electrons. The summed E-state index contributed by atoms with van der Waals surface area (Å²) < 4.78 is 31.2. The molecule has 88 valence electrons. The van der Waals surface area contributed by atoms with Crippen molar-refractivity contribution in [3.8, 4) is 16.9 Å². The number of hydrogen-bond donors (Lipinski definition) is 1. The second-order valence-electron chi connectivity index (χ2n) is 3.61. The normalized spacial score (nSPS) is 10.3. The number of halogens is 2. The van der Waals surface area contributed by atoms with Crippen molar-refractivity contribution >= 4 is 5.69 Å². The third-order valence-corrected chi connectivity index (χ3v) is 2.43.